The van der Waals surface area contributed by atoms with Gasteiger partial charge in [0.1, 0.15) is 5.82 Å². The Labute approximate surface area is 186 Å². The lowest BCUT2D eigenvalue weighted by molar-refractivity contribution is 0.431. The second-order valence-electron chi connectivity index (χ2n) is 7.51. The molecule has 0 unspecified atom stereocenters. The van der Waals surface area contributed by atoms with E-state index >= 15 is 0 Å². The van der Waals surface area contributed by atoms with Gasteiger partial charge in [-0.1, -0.05) is 49.2 Å². The topological polar surface area (TPSA) is 52.6 Å². The van der Waals surface area contributed by atoms with Gasteiger partial charge in [0.25, 0.3) is 0 Å². The van der Waals surface area contributed by atoms with Gasteiger partial charge >= 0.3 is 0 Å². The highest BCUT2D eigenvalue weighted by molar-refractivity contribution is 14.0. The van der Waals surface area contributed by atoms with Crippen LogP contribution < -0.4 is 15.5 Å². The van der Waals surface area contributed by atoms with Crippen molar-refractivity contribution >= 4 is 35.8 Å². The summed E-state index contributed by atoms with van der Waals surface area (Å²) in [5, 5.41) is 6.96. The number of pyridine rings is 1. The van der Waals surface area contributed by atoms with Crippen LogP contribution in [0.5, 0.6) is 0 Å². The predicted molar refractivity (Wildman–Crippen MR) is 129 cm³/mol. The number of halogens is 1. The van der Waals surface area contributed by atoms with Gasteiger partial charge in [-0.05, 0) is 30.5 Å². The molecule has 152 valence electrons. The number of nitrogens with zero attached hydrogens (tertiary/aromatic N) is 3. The second kappa shape index (κ2) is 10.6. The van der Waals surface area contributed by atoms with Crippen LogP contribution in [0.2, 0.25) is 0 Å². The molecule has 0 radical (unpaired) electrons. The van der Waals surface area contributed by atoms with Crippen molar-refractivity contribution in [3.63, 3.8) is 0 Å². The fourth-order valence-electron chi connectivity index (χ4n) is 3.87. The van der Waals surface area contributed by atoms with Crippen molar-refractivity contribution in [1.82, 2.24) is 15.6 Å². The van der Waals surface area contributed by atoms with Gasteiger partial charge in [0.05, 0.1) is 12.2 Å². The number of rotatable bonds is 6. The van der Waals surface area contributed by atoms with Crippen LogP contribution in [0.4, 0.5) is 5.82 Å². The summed E-state index contributed by atoms with van der Waals surface area (Å²) < 4.78 is 0. The average Bonchev–Trinajstić information content (AvgIpc) is 3.19. The van der Waals surface area contributed by atoms with E-state index in [0.29, 0.717) is 6.54 Å². The van der Waals surface area contributed by atoms with Crippen LogP contribution in [0, 0.1) is 0 Å². The second-order valence-corrected chi connectivity index (χ2v) is 7.51. The summed E-state index contributed by atoms with van der Waals surface area (Å²) in [6.45, 7) is 1.56. The smallest absolute Gasteiger partial charge is 0.191 e. The molecule has 1 aliphatic rings. The van der Waals surface area contributed by atoms with E-state index in [1.807, 2.05) is 44.2 Å². The number of guanidine groups is 1. The Balaban J connectivity index is 0.00000280. The number of benzene rings is 1. The average molecular weight is 493 g/mol. The summed E-state index contributed by atoms with van der Waals surface area (Å²) in [7, 11) is 5.83. The molecule has 1 saturated carbocycles. The molecule has 5 nitrogen and oxygen atoms in total. The lowest BCUT2D eigenvalue weighted by atomic mass is 9.79. The number of nitrogens with one attached hydrogen (secondary N) is 2. The molecule has 0 atom stereocenters. The molecule has 28 heavy (non-hydrogen) atoms. The number of aromatic nitrogens is 1. The lowest BCUT2D eigenvalue weighted by Crippen LogP contribution is -2.44. The van der Waals surface area contributed by atoms with Gasteiger partial charge < -0.3 is 15.5 Å². The van der Waals surface area contributed by atoms with E-state index in [4.69, 9.17) is 0 Å². The van der Waals surface area contributed by atoms with Gasteiger partial charge in [0.2, 0.25) is 0 Å². The maximum absolute atomic E-state index is 4.66. The van der Waals surface area contributed by atoms with Crippen LogP contribution >= 0.6 is 24.0 Å². The van der Waals surface area contributed by atoms with Gasteiger partial charge in [0.15, 0.2) is 5.96 Å². The van der Waals surface area contributed by atoms with Crippen molar-refractivity contribution in [1.29, 1.82) is 0 Å². The Kier molecular flexibility index (Phi) is 8.54. The first-order valence-corrected chi connectivity index (χ1v) is 9.76. The molecular formula is C22H32IN5. The molecule has 0 bridgehead atoms. The Morgan fingerprint density at radius 1 is 1.04 bits per heavy atom. The summed E-state index contributed by atoms with van der Waals surface area (Å²) in [6, 6.07) is 17.0. The molecule has 1 aliphatic carbocycles. The molecule has 1 fully saturated rings. The van der Waals surface area contributed by atoms with Crippen molar-refractivity contribution in [3.8, 4) is 0 Å². The van der Waals surface area contributed by atoms with Gasteiger partial charge in [0, 0.05) is 33.1 Å². The normalized spacial score (nSPS) is 15.6. The third kappa shape index (κ3) is 5.59. The monoisotopic (exact) mass is 493 g/mol. The maximum Gasteiger partial charge on any atom is 0.191 e. The number of anilines is 1. The molecule has 1 aromatic carbocycles. The molecule has 0 aliphatic heterocycles. The number of aliphatic imine (C=N–C) groups is 1. The van der Waals surface area contributed by atoms with E-state index in [2.05, 4.69) is 50.9 Å². The van der Waals surface area contributed by atoms with E-state index in [1.165, 1.54) is 31.2 Å². The van der Waals surface area contributed by atoms with E-state index in [1.54, 1.807) is 0 Å². The highest BCUT2D eigenvalue weighted by atomic mass is 127. The molecule has 3 rings (SSSR count). The predicted octanol–water partition coefficient (Wildman–Crippen LogP) is 3.94. The van der Waals surface area contributed by atoms with Crippen molar-refractivity contribution in [2.45, 2.75) is 37.6 Å². The van der Waals surface area contributed by atoms with Gasteiger partial charge in [-0.3, -0.25) is 4.99 Å². The van der Waals surface area contributed by atoms with Gasteiger partial charge in [-0.25, -0.2) is 4.98 Å². The SMILES string of the molecule is CN=C(NCc1cccc(N(C)C)n1)NCC1(c2ccccc2)CCCC1.I. The third-order valence-corrected chi connectivity index (χ3v) is 5.45. The maximum atomic E-state index is 4.66. The molecule has 0 saturated heterocycles. The Morgan fingerprint density at radius 2 is 1.75 bits per heavy atom. The molecular weight excluding hydrogens is 461 g/mol. The van der Waals surface area contributed by atoms with Crippen molar-refractivity contribution in [3.05, 3.63) is 59.8 Å². The zero-order valence-electron chi connectivity index (χ0n) is 17.1. The van der Waals surface area contributed by atoms with E-state index < -0.39 is 0 Å². The minimum atomic E-state index is 0. The Bertz CT molecular complexity index is 755. The molecule has 6 heteroatoms. The van der Waals surface area contributed by atoms with E-state index in [9.17, 15) is 0 Å². The third-order valence-electron chi connectivity index (χ3n) is 5.45. The zero-order valence-corrected chi connectivity index (χ0v) is 19.4. The van der Waals surface area contributed by atoms with Crippen LogP contribution in [-0.4, -0.2) is 38.6 Å². The summed E-state index contributed by atoms with van der Waals surface area (Å²) in [5.74, 6) is 1.79. The van der Waals surface area contributed by atoms with E-state index in [-0.39, 0.29) is 29.4 Å². The highest BCUT2D eigenvalue weighted by Gasteiger charge is 2.35. The van der Waals surface area contributed by atoms with Crippen LogP contribution in [0.15, 0.2) is 53.5 Å². The largest absolute Gasteiger partial charge is 0.363 e. The summed E-state index contributed by atoms with van der Waals surface area (Å²) in [6.07, 6.45) is 5.05. The molecule has 0 amide bonds. The first kappa shape index (κ1) is 22.5. The summed E-state index contributed by atoms with van der Waals surface area (Å²) in [4.78, 5) is 11.1. The van der Waals surface area contributed by atoms with Gasteiger partial charge in [-0.15, -0.1) is 24.0 Å². The zero-order chi connectivity index (χ0) is 19.1. The van der Waals surface area contributed by atoms with Crippen molar-refractivity contribution < 1.29 is 0 Å². The van der Waals surface area contributed by atoms with Crippen LogP contribution in [0.25, 0.3) is 0 Å². The number of hydrogen-bond donors (Lipinski definition) is 2. The summed E-state index contributed by atoms with van der Waals surface area (Å²) in [5.41, 5.74) is 2.65. The Morgan fingerprint density at radius 3 is 2.39 bits per heavy atom. The Hall–Kier alpha value is -1.83. The van der Waals surface area contributed by atoms with Crippen LogP contribution in [-0.2, 0) is 12.0 Å². The molecule has 2 N–H and O–H groups in total. The minimum absolute atomic E-state index is 0. The van der Waals surface area contributed by atoms with Crippen molar-refractivity contribution in [2.75, 3.05) is 32.6 Å². The van der Waals surface area contributed by atoms with Crippen LogP contribution in [0.1, 0.15) is 36.9 Å². The standard InChI is InChI=1S/C22H31N5.HI/c1-23-21(24-16-19-12-9-13-20(26-19)27(2)3)25-17-22(14-7-8-15-22)18-10-5-4-6-11-18;/h4-6,9-13H,7-8,14-17H2,1-3H3,(H2,23,24,25);1H. The minimum Gasteiger partial charge on any atom is -0.363 e. The quantitative estimate of drug-likeness (QED) is 0.364. The van der Waals surface area contributed by atoms with E-state index in [0.717, 1.165) is 24.0 Å². The first-order valence-electron chi connectivity index (χ1n) is 9.76. The summed E-state index contributed by atoms with van der Waals surface area (Å²) >= 11 is 0. The fourth-order valence-corrected chi connectivity index (χ4v) is 3.87. The van der Waals surface area contributed by atoms with Crippen LogP contribution in [0.3, 0.4) is 0 Å². The first-order chi connectivity index (χ1) is 13.1. The highest BCUT2D eigenvalue weighted by Crippen LogP contribution is 2.40. The molecule has 1 aromatic heterocycles. The van der Waals surface area contributed by atoms with Gasteiger partial charge in [-0.2, -0.15) is 0 Å². The molecule has 2 aromatic rings. The molecule has 0 spiro atoms. The number of hydrogen-bond acceptors (Lipinski definition) is 3. The van der Waals surface area contributed by atoms with Crippen molar-refractivity contribution in [2.24, 2.45) is 4.99 Å². The fraction of sp³-hybridized carbons (Fsp3) is 0.455. The molecule has 1 heterocycles. The lowest BCUT2D eigenvalue weighted by Gasteiger charge is -2.30.